The summed E-state index contributed by atoms with van der Waals surface area (Å²) < 4.78 is 39.8. The van der Waals surface area contributed by atoms with Crippen molar-refractivity contribution < 1.29 is 23.1 Å². The van der Waals surface area contributed by atoms with Crippen molar-refractivity contribution in [1.29, 1.82) is 0 Å². The van der Waals surface area contributed by atoms with Gasteiger partial charge in [0, 0.05) is 5.69 Å². The Kier molecular flexibility index (Phi) is 3.65. The molecular weight excluding hydrogens is 271 g/mol. The Morgan fingerprint density at radius 2 is 1.50 bits per heavy atom. The Hall–Kier alpha value is -2.50. The number of hydrogen-bond acceptors (Lipinski definition) is 2. The fourth-order valence-corrected chi connectivity index (χ4v) is 1.85. The van der Waals surface area contributed by atoms with E-state index in [1.807, 2.05) is 0 Å². The van der Waals surface area contributed by atoms with E-state index in [0.29, 0.717) is 0 Å². The Bertz CT molecular complexity index is 611. The van der Waals surface area contributed by atoms with Crippen molar-refractivity contribution in [1.82, 2.24) is 0 Å². The lowest BCUT2D eigenvalue weighted by atomic mass is 10.1. The second kappa shape index (κ2) is 5.24. The van der Waals surface area contributed by atoms with Gasteiger partial charge in [-0.1, -0.05) is 30.3 Å². The Balaban J connectivity index is 2.63. The first kappa shape index (κ1) is 13.9. The second-order valence-electron chi connectivity index (χ2n) is 3.96. The fraction of sp³-hybridized carbons (Fsp3) is 0.0714. The topological polar surface area (TPSA) is 40.5 Å². The third-order valence-corrected chi connectivity index (χ3v) is 2.64. The highest BCUT2D eigenvalue weighted by Crippen LogP contribution is 2.38. The maximum atomic E-state index is 13.3. The molecule has 104 valence electrons. The number of para-hydroxylation sites is 2. The van der Waals surface area contributed by atoms with E-state index in [1.54, 1.807) is 6.07 Å². The van der Waals surface area contributed by atoms with Gasteiger partial charge in [0.05, 0.1) is 11.3 Å². The number of alkyl halides is 3. The molecular formula is C14H10F3NO2. The van der Waals surface area contributed by atoms with Crippen LogP contribution in [-0.4, -0.2) is 17.4 Å². The van der Waals surface area contributed by atoms with Crippen LogP contribution >= 0.6 is 0 Å². The molecule has 2 aromatic rings. The van der Waals surface area contributed by atoms with Gasteiger partial charge >= 0.3 is 12.3 Å². The van der Waals surface area contributed by atoms with Crippen LogP contribution in [0.15, 0.2) is 54.6 Å². The minimum atomic E-state index is -4.73. The van der Waals surface area contributed by atoms with Crippen molar-refractivity contribution in [2.24, 2.45) is 0 Å². The van der Waals surface area contributed by atoms with Gasteiger partial charge in [-0.25, -0.2) is 4.79 Å². The highest BCUT2D eigenvalue weighted by atomic mass is 19.4. The minimum absolute atomic E-state index is 0.0520. The van der Waals surface area contributed by atoms with Gasteiger partial charge in [0.15, 0.2) is 0 Å². The van der Waals surface area contributed by atoms with Crippen LogP contribution in [0.1, 0.15) is 10.4 Å². The number of carbonyl (C=O) groups is 1. The van der Waals surface area contributed by atoms with E-state index in [1.165, 1.54) is 36.4 Å². The van der Waals surface area contributed by atoms with Gasteiger partial charge in [-0.15, -0.1) is 13.2 Å². The van der Waals surface area contributed by atoms with Gasteiger partial charge in [0.2, 0.25) is 0 Å². The maximum absolute atomic E-state index is 13.3. The summed E-state index contributed by atoms with van der Waals surface area (Å²) in [5, 5.41) is 9.03. The minimum Gasteiger partial charge on any atom is -0.478 e. The molecule has 3 nitrogen and oxygen atoms in total. The number of nitrogens with zero attached hydrogens (tertiary/aromatic N) is 1. The molecule has 0 atom stereocenters. The van der Waals surface area contributed by atoms with Crippen molar-refractivity contribution in [3.63, 3.8) is 0 Å². The number of halogens is 3. The first-order valence-corrected chi connectivity index (χ1v) is 5.65. The van der Waals surface area contributed by atoms with Crippen LogP contribution < -0.4 is 4.90 Å². The number of hydrogen-bond donors (Lipinski definition) is 1. The van der Waals surface area contributed by atoms with Gasteiger partial charge in [0.1, 0.15) is 0 Å². The number of aromatic carboxylic acids is 1. The summed E-state index contributed by atoms with van der Waals surface area (Å²) in [5.74, 6) is -1.41. The summed E-state index contributed by atoms with van der Waals surface area (Å²) in [6.45, 7) is 0. The molecule has 0 radical (unpaired) electrons. The van der Waals surface area contributed by atoms with Gasteiger partial charge in [-0.3, -0.25) is 4.90 Å². The molecule has 0 aliphatic rings. The van der Waals surface area contributed by atoms with Crippen LogP contribution in [0.25, 0.3) is 0 Å². The van der Waals surface area contributed by atoms with Crippen LogP contribution in [0.5, 0.6) is 0 Å². The molecule has 0 bridgehead atoms. The lowest BCUT2D eigenvalue weighted by Gasteiger charge is -2.28. The number of anilines is 2. The van der Waals surface area contributed by atoms with Crippen LogP contribution in [0.4, 0.5) is 24.5 Å². The summed E-state index contributed by atoms with van der Waals surface area (Å²) in [7, 11) is 0. The second-order valence-corrected chi connectivity index (χ2v) is 3.96. The lowest BCUT2D eigenvalue weighted by Crippen LogP contribution is -2.34. The van der Waals surface area contributed by atoms with Crippen LogP contribution in [-0.2, 0) is 0 Å². The highest BCUT2D eigenvalue weighted by molar-refractivity contribution is 5.95. The molecule has 0 spiro atoms. The van der Waals surface area contributed by atoms with E-state index in [9.17, 15) is 18.0 Å². The zero-order valence-electron chi connectivity index (χ0n) is 10.1. The van der Waals surface area contributed by atoms with Crippen molar-refractivity contribution in [3.05, 3.63) is 60.2 Å². The summed E-state index contributed by atoms with van der Waals surface area (Å²) in [6.07, 6.45) is -4.73. The summed E-state index contributed by atoms with van der Waals surface area (Å²) in [6, 6.07) is 12.0. The molecule has 2 rings (SSSR count). The zero-order chi connectivity index (χ0) is 14.8. The Morgan fingerprint density at radius 1 is 0.950 bits per heavy atom. The molecule has 0 heterocycles. The predicted octanol–water partition coefficient (Wildman–Crippen LogP) is 4.04. The summed E-state index contributed by atoms with van der Waals surface area (Å²) >= 11 is 0. The predicted molar refractivity (Wildman–Crippen MR) is 68.0 cm³/mol. The molecule has 0 fully saturated rings. The van der Waals surface area contributed by atoms with Gasteiger partial charge in [0.25, 0.3) is 0 Å². The first-order chi connectivity index (χ1) is 9.41. The third-order valence-electron chi connectivity index (χ3n) is 2.64. The number of carboxylic acids is 1. The standard InChI is InChI=1S/C14H10F3NO2/c15-14(16,17)18(10-6-2-1-3-7-10)12-9-5-4-8-11(12)13(19)20/h1-9H,(H,19,20). The SMILES string of the molecule is O=C(O)c1ccccc1N(c1ccccc1)C(F)(F)F. The number of carboxylic acid groups (broad SMARTS) is 1. The zero-order valence-corrected chi connectivity index (χ0v) is 10.1. The molecule has 0 unspecified atom stereocenters. The third kappa shape index (κ3) is 2.74. The van der Waals surface area contributed by atoms with Gasteiger partial charge in [-0.2, -0.15) is 0 Å². The van der Waals surface area contributed by atoms with Crippen molar-refractivity contribution >= 4 is 17.3 Å². The molecule has 0 aromatic heterocycles. The Morgan fingerprint density at radius 3 is 2.05 bits per heavy atom. The molecule has 2 aromatic carbocycles. The van der Waals surface area contributed by atoms with Crippen LogP contribution in [0.3, 0.4) is 0 Å². The van der Waals surface area contributed by atoms with Crippen molar-refractivity contribution in [3.8, 4) is 0 Å². The van der Waals surface area contributed by atoms with Gasteiger partial charge < -0.3 is 5.11 Å². The quantitative estimate of drug-likeness (QED) is 0.863. The first-order valence-electron chi connectivity index (χ1n) is 5.65. The van der Waals surface area contributed by atoms with E-state index >= 15 is 0 Å². The van der Waals surface area contributed by atoms with Crippen molar-refractivity contribution in [2.75, 3.05) is 4.90 Å². The van der Waals surface area contributed by atoms with E-state index in [-0.39, 0.29) is 10.6 Å². The van der Waals surface area contributed by atoms with Crippen LogP contribution in [0, 0.1) is 0 Å². The fourth-order valence-electron chi connectivity index (χ4n) is 1.85. The van der Waals surface area contributed by atoms with Crippen LogP contribution in [0.2, 0.25) is 0 Å². The smallest absolute Gasteiger partial charge is 0.478 e. The maximum Gasteiger partial charge on any atom is 0.489 e. The van der Waals surface area contributed by atoms with Crippen molar-refractivity contribution in [2.45, 2.75) is 6.30 Å². The van der Waals surface area contributed by atoms with E-state index in [4.69, 9.17) is 5.11 Å². The average molecular weight is 281 g/mol. The lowest BCUT2D eigenvalue weighted by molar-refractivity contribution is -0.120. The normalized spacial score (nSPS) is 11.2. The van der Waals surface area contributed by atoms with E-state index in [0.717, 1.165) is 12.1 Å². The molecule has 1 N–H and O–H groups in total. The summed E-state index contributed by atoms with van der Waals surface area (Å²) in [5.41, 5.74) is -0.971. The molecule has 0 aliphatic carbocycles. The molecule has 0 saturated heterocycles. The average Bonchev–Trinajstić information content (AvgIpc) is 2.39. The van der Waals surface area contributed by atoms with Gasteiger partial charge in [-0.05, 0) is 24.3 Å². The largest absolute Gasteiger partial charge is 0.489 e. The highest BCUT2D eigenvalue weighted by Gasteiger charge is 2.40. The molecule has 0 amide bonds. The monoisotopic (exact) mass is 281 g/mol. The molecule has 6 heteroatoms. The molecule has 0 aliphatic heterocycles. The number of rotatable bonds is 3. The number of benzene rings is 2. The molecule has 20 heavy (non-hydrogen) atoms. The Labute approximate surface area is 112 Å². The van der Waals surface area contributed by atoms with E-state index < -0.39 is 23.5 Å². The summed E-state index contributed by atoms with van der Waals surface area (Å²) in [4.78, 5) is 11.1. The molecule has 0 saturated carbocycles. The van der Waals surface area contributed by atoms with E-state index in [2.05, 4.69) is 0 Å².